The van der Waals surface area contributed by atoms with Crippen LogP contribution in [0.4, 0.5) is 0 Å². The van der Waals surface area contributed by atoms with Gasteiger partial charge in [0.05, 0.1) is 12.6 Å². The average Bonchev–Trinajstić information content (AvgIpc) is 3.07. The molecule has 1 N–H and O–H groups in total. The van der Waals surface area contributed by atoms with E-state index in [1.165, 1.54) is 0 Å². The van der Waals surface area contributed by atoms with Crippen LogP contribution < -0.4 is 5.56 Å². The zero-order valence-corrected chi connectivity index (χ0v) is 15.0. The summed E-state index contributed by atoms with van der Waals surface area (Å²) in [5, 5.41) is 0.977. The van der Waals surface area contributed by atoms with Gasteiger partial charge in [-0.3, -0.25) is 9.59 Å². The van der Waals surface area contributed by atoms with E-state index in [9.17, 15) is 9.59 Å². The SMILES string of the molecule is CC(C)CC(=O)N(Cc1cc2ccccc2[nH]c1=O)C[C@@H]1CCCO1. The molecule has 3 rings (SSSR count). The number of aromatic nitrogens is 1. The van der Waals surface area contributed by atoms with E-state index in [1.54, 1.807) is 4.90 Å². The zero-order chi connectivity index (χ0) is 17.8. The second-order valence-corrected chi connectivity index (χ2v) is 7.22. The summed E-state index contributed by atoms with van der Waals surface area (Å²) in [6.07, 6.45) is 2.57. The van der Waals surface area contributed by atoms with Gasteiger partial charge in [-0.05, 0) is 36.3 Å². The lowest BCUT2D eigenvalue weighted by atomic mass is 10.1. The fraction of sp³-hybridized carbons (Fsp3) is 0.500. The summed E-state index contributed by atoms with van der Waals surface area (Å²) in [7, 11) is 0. The normalized spacial score (nSPS) is 17.3. The third-order valence-electron chi connectivity index (χ3n) is 4.58. The minimum Gasteiger partial charge on any atom is -0.376 e. The van der Waals surface area contributed by atoms with Crippen LogP contribution in [0.2, 0.25) is 0 Å². The molecule has 2 aromatic rings. The minimum absolute atomic E-state index is 0.0793. The molecule has 0 bridgehead atoms. The molecule has 1 aliphatic heterocycles. The molecule has 1 aromatic heterocycles. The topological polar surface area (TPSA) is 62.4 Å². The van der Waals surface area contributed by atoms with Crippen LogP contribution in [-0.2, 0) is 16.1 Å². The number of aromatic amines is 1. The number of ether oxygens (including phenoxy) is 1. The van der Waals surface area contributed by atoms with Gasteiger partial charge < -0.3 is 14.6 Å². The van der Waals surface area contributed by atoms with Crippen LogP contribution in [0, 0.1) is 5.92 Å². The smallest absolute Gasteiger partial charge is 0.253 e. The third kappa shape index (κ3) is 4.48. The van der Waals surface area contributed by atoms with Crippen molar-refractivity contribution >= 4 is 16.8 Å². The Morgan fingerprint density at radius 2 is 2.16 bits per heavy atom. The van der Waals surface area contributed by atoms with Crippen molar-refractivity contribution in [3.63, 3.8) is 0 Å². The fourth-order valence-electron chi connectivity index (χ4n) is 3.28. The highest BCUT2D eigenvalue weighted by molar-refractivity contribution is 5.79. The predicted molar refractivity (Wildman–Crippen MR) is 98.4 cm³/mol. The molecule has 5 heteroatoms. The van der Waals surface area contributed by atoms with Crippen molar-refractivity contribution in [2.24, 2.45) is 5.92 Å². The van der Waals surface area contributed by atoms with Crippen molar-refractivity contribution in [2.75, 3.05) is 13.2 Å². The predicted octanol–water partition coefficient (Wildman–Crippen LogP) is 3.08. The van der Waals surface area contributed by atoms with Crippen LogP contribution in [0.15, 0.2) is 35.1 Å². The van der Waals surface area contributed by atoms with E-state index in [0.717, 1.165) is 30.4 Å². The third-order valence-corrected chi connectivity index (χ3v) is 4.58. The number of fused-ring (bicyclic) bond motifs is 1. The van der Waals surface area contributed by atoms with Gasteiger partial charge in [0.15, 0.2) is 0 Å². The van der Waals surface area contributed by atoms with E-state index in [2.05, 4.69) is 4.98 Å². The summed E-state index contributed by atoms with van der Waals surface area (Å²) in [4.78, 5) is 29.8. The van der Waals surface area contributed by atoms with Gasteiger partial charge in [-0.15, -0.1) is 0 Å². The largest absolute Gasteiger partial charge is 0.376 e. The van der Waals surface area contributed by atoms with Crippen molar-refractivity contribution in [3.8, 4) is 0 Å². The van der Waals surface area contributed by atoms with Crippen molar-refractivity contribution in [1.82, 2.24) is 9.88 Å². The van der Waals surface area contributed by atoms with E-state index < -0.39 is 0 Å². The molecule has 25 heavy (non-hydrogen) atoms. The van der Waals surface area contributed by atoms with Gasteiger partial charge in [0, 0.05) is 30.7 Å². The maximum Gasteiger partial charge on any atom is 0.253 e. The maximum absolute atomic E-state index is 12.7. The van der Waals surface area contributed by atoms with E-state index >= 15 is 0 Å². The summed E-state index contributed by atoms with van der Waals surface area (Å²) >= 11 is 0. The van der Waals surface area contributed by atoms with Gasteiger partial charge in [-0.25, -0.2) is 0 Å². The number of H-pyrrole nitrogens is 1. The molecule has 1 amide bonds. The highest BCUT2D eigenvalue weighted by atomic mass is 16.5. The maximum atomic E-state index is 12.7. The first-order valence-electron chi connectivity index (χ1n) is 9.03. The molecular formula is C20H26N2O3. The first-order valence-corrected chi connectivity index (χ1v) is 9.03. The van der Waals surface area contributed by atoms with Gasteiger partial charge in [-0.2, -0.15) is 0 Å². The van der Waals surface area contributed by atoms with Crippen molar-refractivity contribution in [2.45, 2.75) is 45.8 Å². The fourth-order valence-corrected chi connectivity index (χ4v) is 3.28. The number of carbonyl (C=O) groups is 1. The molecule has 1 fully saturated rings. The Labute approximate surface area is 148 Å². The van der Waals surface area contributed by atoms with E-state index in [1.807, 2.05) is 44.2 Å². The van der Waals surface area contributed by atoms with E-state index in [4.69, 9.17) is 4.74 Å². The highest BCUT2D eigenvalue weighted by Crippen LogP contribution is 2.17. The number of hydrogen-bond donors (Lipinski definition) is 1. The number of rotatable bonds is 6. The second kappa shape index (κ2) is 7.83. The van der Waals surface area contributed by atoms with Crippen LogP contribution in [0.5, 0.6) is 0 Å². The Bertz CT molecular complexity index is 791. The Morgan fingerprint density at radius 3 is 2.88 bits per heavy atom. The van der Waals surface area contributed by atoms with Crippen molar-refractivity contribution in [3.05, 3.63) is 46.2 Å². The number of nitrogens with zero attached hydrogens (tertiary/aromatic N) is 1. The lowest BCUT2D eigenvalue weighted by Gasteiger charge is -2.26. The van der Waals surface area contributed by atoms with Gasteiger partial charge in [0.25, 0.3) is 5.56 Å². The quantitative estimate of drug-likeness (QED) is 0.877. The average molecular weight is 342 g/mol. The second-order valence-electron chi connectivity index (χ2n) is 7.22. The number of benzene rings is 1. The molecule has 1 aliphatic rings. The molecule has 0 unspecified atom stereocenters. The molecule has 0 radical (unpaired) electrons. The Morgan fingerprint density at radius 1 is 1.36 bits per heavy atom. The Balaban J connectivity index is 1.84. The molecule has 0 saturated carbocycles. The van der Waals surface area contributed by atoms with E-state index in [0.29, 0.717) is 25.1 Å². The number of nitrogens with one attached hydrogen (secondary N) is 1. The summed E-state index contributed by atoms with van der Waals surface area (Å²) in [6, 6.07) is 9.58. The monoisotopic (exact) mass is 342 g/mol. The van der Waals surface area contributed by atoms with Gasteiger partial charge in [-0.1, -0.05) is 32.0 Å². The van der Waals surface area contributed by atoms with Gasteiger partial charge in [0.2, 0.25) is 5.91 Å². The number of para-hydroxylation sites is 1. The molecular weight excluding hydrogens is 316 g/mol. The zero-order valence-electron chi connectivity index (χ0n) is 15.0. The molecule has 1 saturated heterocycles. The molecule has 5 nitrogen and oxygen atoms in total. The van der Waals surface area contributed by atoms with Crippen LogP contribution in [0.1, 0.15) is 38.7 Å². The highest BCUT2D eigenvalue weighted by Gasteiger charge is 2.24. The molecule has 0 spiro atoms. The molecule has 1 atom stereocenters. The van der Waals surface area contributed by atoms with Crippen LogP contribution in [0.3, 0.4) is 0 Å². The molecule has 0 aliphatic carbocycles. The number of hydrogen-bond acceptors (Lipinski definition) is 3. The van der Waals surface area contributed by atoms with Gasteiger partial charge in [0.1, 0.15) is 0 Å². The molecule has 134 valence electrons. The van der Waals surface area contributed by atoms with Gasteiger partial charge >= 0.3 is 0 Å². The Kier molecular flexibility index (Phi) is 5.53. The first-order chi connectivity index (χ1) is 12.0. The van der Waals surface area contributed by atoms with Crippen LogP contribution >= 0.6 is 0 Å². The van der Waals surface area contributed by atoms with E-state index in [-0.39, 0.29) is 23.5 Å². The number of pyridine rings is 1. The van der Waals surface area contributed by atoms with Crippen molar-refractivity contribution in [1.29, 1.82) is 0 Å². The summed E-state index contributed by atoms with van der Waals surface area (Å²) < 4.78 is 5.70. The molecule has 1 aromatic carbocycles. The standard InChI is InChI=1S/C20H26N2O3/c1-14(2)10-19(23)22(13-17-7-5-9-25-17)12-16-11-15-6-3-4-8-18(15)21-20(16)24/h3-4,6,8,11,14,17H,5,7,9-10,12-13H2,1-2H3,(H,21,24)/t17-/m0/s1. The van der Waals surface area contributed by atoms with Crippen LogP contribution in [-0.4, -0.2) is 35.0 Å². The Hall–Kier alpha value is -2.14. The summed E-state index contributed by atoms with van der Waals surface area (Å²) in [5.41, 5.74) is 1.30. The summed E-state index contributed by atoms with van der Waals surface area (Å²) in [5.74, 6) is 0.368. The minimum atomic E-state index is -0.131. The first kappa shape index (κ1) is 17.7. The lowest BCUT2D eigenvalue weighted by molar-refractivity contribution is -0.134. The lowest BCUT2D eigenvalue weighted by Crippen LogP contribution is -2.38. The summed E-state index contributed by atoms with van der Waals surface area (Å²) in [6.45, 7) is 5.70. The number of amides is 1. The van der Waals surface area contributed by atoms with Crippen LogP contribution in [0.25, 0.3) is 10.9 Å². The number of carbonyl (C=O) groups excluding carboxylic acids is 1. The van der Waals surface area contributed by atoms with Crippen molar-refractivity contribution < 1.29 is 9.53 Å². The molecule has 2 heterocycles.